The van der Waals surface area contributed by atoms with Gasteiger partial charge in [0.15, 0.2) is 11.5 Å². The minimum absolute atomic E-state index is 0.0488. The maximum atomic E-state index is 9.11. The van der Waals surface area contributed by atoms with E-state index in [1.54, 1.807) is 0 Å². The maximum absolute atomic E-state index is 9.11. The normalized spacial score (nSPS) is 12.5. The van der Waals surface area contributed by atoms with Gasteiger partial charge < -0.3 is 19.9 Å². The second kappa shape index (κ2) is 5.20. The SMILES string of the molecule is OCc1cccc(NCc2cccc3c2OCO3)c1. The van der Waals surface area contributed by atoms with Crippen LogP contribution >= 0.6 is 0 Å². The third-order valence-corrected chi connectivity index (χ3v) is 3.07. The van der Waals surface area contributed by atoms with E-state index in [1.165, 1.54) is 0 Å². The molecule has 0 aromatic heterocycles. The molecule has 98 valence electrons. The van der Waals surface area contributed by atoms with E-state index in [1.807, 2.05) is 42.5 Å². The molecule has 0 spiro atoms. The van der Waals surface area contributed by atoms with Gasteiger partial charge in [0.1, 0.15) is 0 Å². The van der Waals surface area contributed by atoms with E-state index >= 15 is 0 Å². The molecule has 0 atom stereocenters. The monoisotopic (exact) mass is 257 g/mol. The molecule has 0 fully saturated rings. The summed E-state index contributed by atoms with van der Waals surface area (Å²) in [5.74, 6) is 1.61. The van der Waals surface area contributed by atoms with E-state index in [9.17, 15) is 0 Å². The zero-order valence-electron chi connectivity index (χ0n) is 10.4. The first-order chi connectivity index (χ1) is 9.36. The zero-order valence-corrected chi connectivity index (χ0v) is 10.4. The number of para-hydroxylation sites is 1. The van der Waals surface area contributed by atoms with E-state index < -0.39 is 0 Å². The van der Waals surface area contributed by atoms with Crippen molar-refractivity contribution in [3.8, 4) is 11.5 Å². The summed E-state index contributed by atoms with van der Waals surface area (Å²) in [6.07, 6.45) is 0. The van der Waals surface area contributed by atoms with E-state index in [4.69, 9.17) is 14.6 Å². The molecule has 0 aliphatic carbocycles. The highest BCUT2D eigenvalue weighted by Gasteiger charge is 2.16. The van der Waals surface area contributed by atoms with Crippen molar-refractivity contribution in [3.05, 3.63) is 53.6 Å². The molecule has 0 saturated heterocycles. The van der Waals surface area contributed by atoms with Crippen molar-refractivity contribution >= 4 is 5.69 Å². The Labute approximate surface area is 111 Å². The second-order valence-electron chi connectivity index (χ2n) is 4.36. The van der Waals surface area contributed by atoms with Gasteiger partial charge in [0.25, 0.3) is 0 Å². The Morgan fingerprint density at radius 3 is 2.89 bits per heavy atom. The molecule has 19 heavy (non-hydrogen) atoms. The minimum Gasteiger partial charge on any atom is -0.454 e. The first kappa shape index (κ1) is 11.9. The molecule has 2 N–H and O–H groups in total. The smallest absolute Gasteiger partial charge is 0.231 e. The van der Waals surface area contributed by atoms with Crippen molar-refractivity contribution in [3.63, 3.8) is 0 Å². The molecule has 0 amide bonds. The third kappa shape index (κ3) is 2.48. The average molecular weight is 257 g/mol. The molecule has 0 radical (unpaired) electrons. The van der Waals surface area contributed by atoms with Gasteiger partial charge in [0.05, 0.1) is 6.61 Å². The molecule has 1 aliphatic heterocycles. The van der Waals surface area contributed by atoms with Gasteiger partial charge in [-0.15, -0.1) is 0 Å². The van der Waals surface area contributed by atoms with Crippen LogP contribution < -0.4 is 14.8 Å². The van der Waals surface area contributed by atoms with Crippen molar-refractivity contribution in [2.24, 2.45) is 0 Å². The Hall–Kier alpha value is -2.20. The zero-order chi connectivity index (χ0) is 13.1. The molecule has 4 heteroatoms. The van der Waals surface area contributed by atoms with Gasteiger partial charge in [0, 0.05) is 17.8 Å². The Balaban J connectivity index is 1.74. The Morgan fingerprint density at radius 2 is 2.00 bits per heavy atom. The van der Waals surface area contributed by atoms with Gasteiger partial charge in [-0.3, -0.25) is 0 Å². The van der Waals surface area contributed by atoms with Crippen LogP contribution in [-0.2, 0) is 13.2 Å². The highest BCUT2D eigenvalue weighted by Crippen LogP contribution is 2.35. The molecule has 0 bridgehead atoms. The van der Waals surface area contributed by atoms with Crippen LogP contribution in [0.15, 0.2) is 42.5 Å². The topological polar surface area (TPSA) is 50.7 Å². The van der Waals surface area contributed by atoms with Crippen molar-refractivity contribution in [2.45, 2.75) is 13.2 Å². The van der Waals surface area contributed by atoms with Crippen molar-refractivity contribution < 1.29 is 14.6 Å². The second-order valence-corrected chi connectivity index (χ2v) is 4.36. The lowest BCUT2D eigenvalue weighted by Crippen LogP contribution is -2.01. The van der Waals surface area contributed by atoms with Crippen LogP contribution in [0.1, 0.15) is 11.1 Å². The summed E-state index contributed by atoms with van der Waals surface area (Å²) in [6, 6.07) is 13.6. The van der Waals surface area contributed by atoms with Gasteiger partial charge in [-0.25, -0.2) is 0 Å². The van der Waals surface area contributed by atoms with E-state index in [-0.39, 0.29) is 13.4 Å². The lowest BCUT2D eigenvalue weighted by atomic mass is 10.1. The Morgan fingerprint density at radius 1 is 1.11 bits per heavy atom. The Bertz CT molecular complexity index is 583. The molecular weight excluding hydrogens is 242 g/mol. The van der Waals surface area contributed by atoms with Gasteiger partial charge >= 0.3 is 0 Å². The minimum atomic E-state index is 0.0488. The summed E-state index contributed by atoms with van der Waals surface area (Å²) in [5, 5.41) is 12.4. The van der Waals surface area contributed by atoms with E-state index in [2.05, 4.69) is 5.32 Å². The van der Waals surface area contributed by atoms with Gasteiger partial charge in [-0.05, 0) is 23.8 Å². The fraction of sp³-hybridized carbons (Fsp3) is 0.200. The molecule has 0 unspecified atom stereocenters. The number of anilines is 1. The lowest BCUT2D eigenvalue weighted by Gasteiger charge is -2.09. The predicted octanol–water partition coefficient (Wildman–Crippen LogP) is 2.52. The summed E-state index contributed by atoms with van der Waals surface area (Å²) >= 11 is 0. The highest BCUT2D eigenvalue weighted by atomic mass is 16.7. The van der Waals surface area contributed by atoms with Gasteiger partial charge in [-0.1, -0.05) is 24.3 Å². The molecule has 0 saturated carbocycles. The van der Waals surface area contributed by atoms with E-state index in [0.717, 1.165) is 28.3 Å². The van der Waals surface area contributed by atoms with Crippen molar-refractivity contribution in [1.82, 2.24) is 0 Å². The number of aliphatic hydroxyl groups excluding tert-OH is 1. The van der Waals surface area contributed by atoms with Crippen LogP contribution in [0.5, 0.6) is 11.5 Å². The third-order valence-electron chi connectivity index (χ3n) is 3.07. The maximum Gasteiger partial charge on any atom is 0.231 e. The first-order valence-corrected chi connectivity index (χ1v) is 6.18. The summed E-state index contributed by atoms with van der Waals surface area (Å²) in [7, 11) is 0. The van der Waals surface area contributed by atoms with Crippen LogP contribution in [0.25, 0.3) is 0 Å². The summed E-state index contributed by atoms with van der Waals surface area (Å²) in [4.78, 5) is 0. The highest BCUT2D eigenvalue weighted by molar-refractivity contribution is 5.51. The molecule has 3 rings (SSSR count). The fourth-order valence-electron chi connectivity index (χ4n) is 2.11. The van der Waals surface area contributed by atoms with Crippen LogP contribution in [0.4, 0.5) is 5.69 Å². The molecule has 1 heterocycles. The number of rotatable bonds is 4. The quantitative estimate of drug-likeness (QED) is 0.883. The number of ether oxygens (including phenoxy) is 2. The standard InChI is InChI=1S/C15H15NO3/c17-9-11-3-1-5-13(7-11)16-8-12-4-2-6-14-15(12)19-10-18-14/h1-7,16-17H,8-10H2. The van der Waals surface area contributed by atoms with Crippen LogP contribution in [0, 0.1) is 0 Å². The number of benzene rings is 2. The molecular formula is C15H15NO3. The number of aliphatic hydroxyl groups is 1. The lowest BCUT2D eigenvalue weighted by molar-refractivity contribution is 0.173. The molecule has 1 aliphatic rings. The fourth-order valence-corrected chi connectivity index (χ4v) is 2.11. The first-order valence-electron chi connectivity index (χ1n) is 6.18. The number of nitrogens with one attached hydrogen (secondary N) is 1. The molecule has 4 nitrogen and oxygen atoms in total. The van der Waals surface area contributed by atoms with Crippen LogP contribution in [0.3, 0.4) is 0 Å². The largest absolute Gasteiger partial charge is 0.454 e. The molecule has 2 aromatic rings. The summed E-state index contributed by atoms with van der Waals surface area (Å²) in [6.45, 7) is 0.987. The van der Waals surface area contributed by atoms with Gasteiger partial charge in [0.2, 0.25) is 6.79 Å². The average Bonchev–Trinajstić information content (AvgIpc) is 2.94. The Kier molecular flexibility index (Phi) is 3.25. The number of hydrogen-bond acceptors (Lipinski definition) is 4. The van der Waals surface area contributed by atoms with Crippen molar-refractivity contribution in [2.75, 3.05) is 12.1 Å². The van der Waals surface area contributed by atoms with E-state index in [0.29, 0.717) is 6.54 Å². The van der Waals surface area contributed by atoms with Crippen LogP contribution in [0.2, 0.25) is 0 Å². The predicted molar refractivity (Wildman–Crippen MR) is 72.3 cm³/mol. The van der Waals surface area contributed by atoms with Crippen LogP contribution in [-0.4, -0.2) is 11.9 Å². The summed E-state index contributed by atoms with van der Waals surface area (Å²) < 4.78 is 10.8. The summed E-state index contributed by atoms with van der Waals surface area (Å²) in [5.41, 5.74) is 2.93. The number of fused-ring (bicyclic) bond motifs is 1. The van der Waals surface area contributed by atoms with Crippen molar-refractivity contribution in [1.29, 1.82) is 0 Å². The molecule has 2 aromatic carbocycles. The number of hydrogen-bond donors (Lipinski definition) is 2. The van der Waals surface area contributed by atoms with Gasteiger partial charge in [-0.2, -0.15) is 0 Å².